The maximum Gasteiger partial charge on any atom is 0.0579 e. The van der Waals surface area contributed by atoms with Gasteiger partial charge in [0.1, 0.15) is 0 Å². The van der Waals surface area contributed by atoms with Gasteiger partial charge >= 0.3 is 0 Å². The van der Waals surface area contributed by atoms with Crippen LogP contribution in [-0.4, -0.2) is 44.8 Å². The van der Waals surface area contributed by atoms with E-state index in [1.807, 2.05) is 0 Å². The van der Waals surface area contributed by atoms with Crippen LogP contribution in [0.25, 0.3) is 0 Å². The van der Waals surface area contributed by atoms with Crippen LogP contribution in [0, 0.1) is 52.3 Å². The van der Waals surface area contributed by atoms with Gasteiger partial charge in [0, 0.05) is 0 Å². The summed E-state index contributed by atoms with van der Waals surface area (Å²) in [6.07, 6.45) is 7.36. The first kappa shape index (κ1) is 24.0. The number of hydrogen-bond donors (Lipinski definition) is 4. The van der Waals surface area contributed by atoms with Crippen LogP contribution in [0.1, 0.15) is 92.4 Å². The fourth-order valence-electron chi connectivity index (χ4n) is 9.24. The Morgan fingerprint density at radius 1 is 0.806 bits per heavy atom. The van der Waals surface area contributed by atoms with Crippen molar-refractivity contribution < 1.29 is 20.4 Å². The Kier molecular flexibility index (Phi) is 6.62. The molecule has 4 rings (SSSR count). The van der Waals surface area contributed by atoms with Gasteiger partial charge in [-0.1, -0.05) is 34.6 Å². The van der Waals surface area contributed by atoms with Gasteiger partial charge in [-0.3, -0.25) is 0 Å². The average molecular weight is 437 g/mol. The SMILES string of the molecule is CC(C)C(O)CC[C@@H](C)[C@H]1C[C@H](O)[C@H]2[C@@H]3C[C@H](O)[C@H]4C[C@@H](O)CC[C@]4(C)[C@H]3CC[C@@]21C. The van der Waals surface area contributed by atoms with Crippen molar-refractivity contribution >= 4 is 0 Å². The van der Waals surface area contributed by atoms with Gasteiger partial charge in [-0.15, -0.1) is 0 Å². The average Bonchev–Trinajstić information content (AvgIpc) is 2.98. The third-order valence-electron chi connectivity index (χ3n) is 11.1. The lowest BCUT2D eigenvalue weighted by Crippen LogP contribution is -2.59. The van der Waals surface area contributed by atoms with Crippen LogP contribution < -0.4 is 0 Å². The topological polar surface area (TPSA) is 80.9 Å². The summed E-state index contributed by atoms with van der Waals surface area (Å²) in [5, 5.41) is 43.1. The van der Waals surface area contributed by atoms with Crippen LogP contribution in [0.2, 0.25) is 0 Å². The first-order chi connectivity index (χ1) is 14.5. The van der Waals surface area contributed by atoms with Crippen molar-refractivity contribution in [1.29, 1.82) is 0 Å². The van der Waals surface area contributed by atoms with Crippen molar-refractivity contribution in [3.63, 3.8) is 0 Å². The monoisotopic (exact) mass is 436 g/mol. The molecule has 12 atom stereocenters. The minimum absolute atomic E-state index is 0.0910. The van der Waals surface area contributed by atoms with Gasteiger partial charge in [-0.25, -0.2) is 0 Å². The zero-order valence-electron chi connectivity index (χ0n) is 20.5. The number of aliphatic hydroxyl groups excluding tert-OH is 4. The standard InChI is InChI=1S/C27H48O4/c1-15(2)22(29)7-6-16(3)20-14-24(31)25-18-13-23(30)21-12-17(28)8-10-26(21,4)19(18)9-11-27(20,25)5/h15-25,28-31H,6-14H2,1-5H3/t16-,17+,18-,19+,20-,21-,22?,23+,24+,25-,26-,27-/m1/s1. The molecule has 0 amide bonds. The molecule has 31 heavy (non-hydrogen) atoms. The highest BCUT2D eigenvalue weighted by atomic mass is 16.3. The molecule has 0 aromatic rings. The fourth-order valence-corrected chi connectivity index (χ4v) is 9.24. The van der Waals surface area contributed by atoms with Crippen LogP contribution in [0.3, 0.4) is 0 Å². The lowest BCUT2D eigenvalue weighted by molar-refractivity contribution is -0.181. The molecule has 4 aliphatic rings. The van der Waals surface area contributed by atoms with Crippen molar-refractivity contribution in [2.24, 2.45) is 52.3 Å². The molecule has 0 heterocycles. The van der Waals surface area contributed by atoms with Crippen molar-refractivity contribution in [3.05, 3.63) is 0 Å². The Hall–Kier alpha value is -0.160. The highest BCUT2D eigenvalue weighted by molar-refractivity contribution is 5.13. The van der Waals surface area contributed by atoms with Gasteiger partial charge < -0.3 is 20.4 Å². The molecule has 0 aliphatic heterocycles. The molecule has 0 aromatic heterocycles. The van der Waals surface area contributed by atoms with E-state index in [1.54, 1.807) is 0 Å². The zero-order valence-corrected chi connectivity index (χ0v) is 20.5. The minimum Gasteiger partial charge on any atom is -0.393 e. The summed E-state index contributed by atoms with van der Waals surface area (Å²) in [6, 6.07) is 0. The molecule has 4 fully saturated rings. The molecule has 4 nitrogen and oxygen atoms in total. The van der Waals surface area contributed by atoms with E-state index < -0.39 is 0 Å². The summed E-state index contributed by atoms with van der Waals surface area (Å²) >= 11 is 0. The first-order valence-corrected chi connectivity index (χ1v) is 13.2. The van der Waals surface area contributed by atoms with Gasteiger partial charge in [-0.2, -0.15) is 0 Å². The van der Waals surface area contributed by atoms with E-state index in [0.29, 0.717) is 29.6 Å². The molecule has 4 aliphatic carbocycles. The Labute approximate surface area is 189 Å². The van der Waals surface area contributed by atoms with Gasteiger partial charge in [-0.05, 0) is 110 Å². The highest BCUT2D eigenvalue weighted by Crippen LogP contribution is 2.68. The maximum atomic E-state index is 11.4. The molecule has 0 bridgehead atoms. The second kappa shape index (κ2) is 8.56. The third kappa shape index (κ3) is 3.92. The molecule has 0 spiro atoms. The molecule has 4 N–H and O–H groups in total. The molecule has 180 valence electrons. The molecule has 1 unspecified atom stereocenters. The summed E-state index contributed by atoms with van der Waals surface area (Å²) in [5.41, 5.74) is 0.216. The Morgan fingerprint density at radius 2 is 1.48 bits per heavy atom. The smallest absolute Gasteiger partial charge is 0.0579 e. The fraction of sp³-hybridized carbons (Fsp3) is 1.00. The summed E-state index contributed by atoms with van der Waals surface area (Å²) < 4.78 is 0. The van der Waals surface area contributed by atoms with E-state index in [9.17, 15) is 20.4 Å². The normalized spacial score (nSPS) is 51.7. The van der Waals surface area contributed by atoms with E-state index in [1.165, 1.54) is 12.8 Å². The molecular formula is C27H48O4. The summed E-state index contributed by atoms with van der Waals surface area (Å²) in [4.78, 5) is 0. The predicted octanol–water partition coefficient (Wildman–Crippen LogP) is 4.38. The van der Waals surface area contributed by atoms with Gasteiger partial charge in [0.05, 0.1) is 24.4 Å². The summed E-state index contributed by atoms with van der Waals surface area (Å²) in [5.74, 6) is 2.70. The van der Waals surface area contributed by atoms with Gasteiger partial charge in [0.25, 0.3) is 0 Å². The Bertz CT molecular complexity index is 637. The lowest BCUT2D eigenvalue weighted by atomic mass is 9.43. The molecule has 0 radical (unpaired) electrons. The lowest BCUT2D eigenvalue weighted by Gasteiger charge is -2.62. The quantitative estimate of drug-likeness (QED) is 0.515. The van der Waals surface area contributed by atoms with Crippen molar-refractivity contribution in [2.45, 2.75) is 117 Å². The summed E-state index contributed by atoms with van der Waals surface area (Å²) in [7, 11) is 0. The third-order valence-corrected chi connectivity index (χ3v) is 11.1. The molecule has 0 aromatic carbocycles. The van der Waals surface area contributed by atoms with Gasteiger partial charge in [0.2, 0.25) is 0 Å². The van der Waals surface area contributed by atoms with Crippen molar-refractivity contribution in [3.8, 4) is 0 Å². The molecule has 4 saturated carbocycles. The zero-order chi connectivity index (χ0) is 22.7. The second-order valence-corrected chi connectivity index (χ2v) is 13.0. The van der Waals surface area contributed by atoms with Crippen molar-refractivity contribution in [2.75, 3.05) is 0 Å². The summed E-state index contributed by atoms with van der Waals surface area (Å²) in [6.45, 7) is 11.3. The number of rotatable bonds is 5. The van der Waals surface area contributed by atoms with Crippen LogP contribution in [-0.2, 0) is 0 Å². The Morgan fingerprint density at radius 3 is 2.16 bits per heavy atom. The van der Waals surface area contributed by atoms with Crippen molar-refractivity contribution in [1.82, 2.24) is 0 Å². The number of fused-ring (bicyclic) bond motifs is 5. The first-order valence-electron chi connectivity index (χ1n) is 13.2. The van der Waals surface area contributed by atoms with E-state index in [2.05, 4.69) is 34.6 Å². The van der Waals surface area contributed by atoms with Gasteiger partial charge in [0.15, 0.2) is 0 Å². The van der Waals surface area contributed by atoms with Crippen LogP contribution in [0.15, 0.2) is 0 Å². The van der Waals surface area contributed by atoms with E-state index in [-0.39, 0.29) is 47.1 Å². The van der Waals surface area contributed by atoms with Crippen LogP contribution >= 0.6 is 0 Å². The molecule has 0 saturated heterocycles. The second-order valence-electron chi connectivity index (χ2n) is 13.0. The predicted molar refractivity (Wildman–Crippen MR) is 123 cm³/mol. The minimum atomic E-state index is -0.353. The van der Waals surface area contributed by atoms with E-state index in [0.717, 1.165) is 44.9 Å². The maximum absolute atomic E-state index is 11.4. The Balaban J connectivity index is 1.54. The highest BCUT2D eigenvalue weighted by Gasteiger charge is 2.64. The molecule has 4 heteroatoms. The van der Waals surface area contributed by atoms with E-state index >= 15 is 0 Å². The number of hydrogen-bond acceptors (Lipinski definition) is 4. The van der Waals surface area contributed by atoms with Crippen LogP contribution in [0.5, 0.6) is 0 Å². The van der Waals surface area contributed by atoms with Crippen LogP contribution in [0.4, 0.5) is 0 Å². The van der Waals surface area contributed by atoms with E-state index in [4.69, 9.17) is 0 Å². The largest absolute Gasteiger partial charge is 0.393 e. The molecular weight excluding hydrogens is 388 g/mol. The number of aliphatic hydroxyl groups is 4.